The van der Waals surface area contributed by atoms with E-state index in [1.807, 2.05) is 51.1 Å². The maximum atomic E-state index is 13.8. The van der Waals surface area contributed by atoms with E-state index in [4.69, 9.17) is 9.47 Å². The van der Waals surface area contributed by atoms with Crippen LogP contribution in [0.3, 0.4) is 0 Å². The predicted octanol–water partition coefficient (Wildman–Crippen LogP) is 1.81. The number of fused-ring (bicyclic) bond motifs is 2. The van der Waals surface area contributed by atoms with Crippen molar-refractivity contribution in [3.63, 3.8) is 0 Å². The molecule has 0 aliphatic carbocycles. The Bertz CT molecular complexity index is 1100. The first kappa shape index (κ1) is 29.1. The van der Waals surface area contributed by atoms with E-state index in [9.17, 15) is 24.9 Å². The monoisotopic (exact) mass is 538 g/mol. The second-order valence-corrected chi connectivity index (χ2v) is 11.5. The van der Waals surface area contributed by atoms with E-state index in [0.717, 1.165) is 18.4 Å². The van der Waals surface area contributed by atoms with Gasteiger partial charge in [0.25, 0.3) is 5.91 Å². The van der Waals surface area contributed by atoms with E-state index in [0.29, 0.717) is 32.5 Å². The number of hydrogen-bond acceptors (Lipinski definition) is 8. The molecule has 3 aliphatic heterocycles. The molecule has 11 heteroatoms. The first-order valence-electron chi connectivity index (χ1n) is 13.7. The number of carbonyl (C=O) groups excluding carboxylic acids is 2. The topological polar surface area (TPSA) is 135 Å². The van der Waals surface area contributed by atoms with Gasteiger partial charge in [0, 0.05) is 24.7 Å². The third-order valence-corrected chi connectivity index (χ3v) is 8.32. The fraction of sp³-hybridized carbons (Fsp3) is 0.607. The van der Waals surface area contributed by atoms with Crippen molar-refractivity contribution in [3.8, 4) is 6.07 Å². The number of nitrogens with zero attached hydrogens (tertiary/aromatic N) is 3. The van der Waals surface area contributed by atoms with Crippen LogP contribution in [0.2, 0.25) is 0 Å². The molecule has 1 aromatic rings. The second kappa shape index (κ2) is 12.1. The van der Waals surface area contributed by atoms with Crippen LogP contribution in [-0.2, 0) is 20.7 Å². The Labute approximate surface area is 230 Å². The Morgan fingerprint density at radius 2 is 2.00 bits per heavy atom. The quantitative estimate of drug-likeness (QED) is 0.246. The molecule has 2 amide bonds. The Morgan fingerprint density at radius 1 is 1.31 bits per heavy atom. The third-order valence-electron chi connectivity index (χ3n) is 8.32. The summed E-state index contributed by atoms with van der Waals surface area (Å²) in [5.74, 6) is -1.28. The summed E-state index contributed by atoms with van der Waals surface area (Å²) in [6, 6.07) is 11.3. The first-order valence-corrected chi connectivity index (χ1v) is 13.7. The third kappa shape index (κ3) is 6.64. The lowest BCUT2D eigenvalue weighted by Gasteiger charge is -2.41. The van der Waals surface area contributed by atoms with E-state index in [1.54, 1.807) is 11.0 Å². The van der Waals surface area contributed by atoms with Gasteiger partial charge >= 0.3 is 13.2 Å². The summed E-state index contributed by atoms with van der Waals surface area (Å²) < 4.78 is 11.2. The molecule has 1 unspecified atom stereocenters. The molecule has 210 valence electrons. The van der Waals surface area contributed by atoms with Gasteiger partial charge in [0.2, 0.25) is 0 Å². The van der Waals surface area contributed by atoms with Crippen LogP contribution in [0.5, 0.6) is 0 Å². The van der Waals surface area contributed by atoms with Crippen LogP contribution in [-0.4, -0.2) is 94.4 Å². The van der Waals surface area contributed by atoms with E-state index in [1.165, 1.54) is 0 Å². The number of ether oxygens (including phenoxy) is 2. The molecule has 4 rings (SSSR count). The predicted molar refractivity (Wildman–Crippen MR) is 145 cm³/mol. The summed E-state index contributed by atoms with van der Waals surface area (Å²) in [7, 11) is -1.77. The smallest absolute Gasteiger partial charge is 0.447 e. The normalized spacial score (nSPS) is 26.2. The molecular weight excluding hydrogens is 499 g/mol. The lowest BCUT2D eigenvalue weighted by atomic mass is 9.76. The van der Waals surface area contributed by atoms with Crippen molar-refractivity contribution in [2.45, 2.75) is 82.0 Å². The molecular formula is C28H39BN4O6. The molecule has 0 saturated carbocycles. The highest BCUT2D eigenvalue weighted by atomic mass is 16.6. The summed E-state index contributed by atoms with van der Waals surface area (Å²) in [5.41, 5.74) is -0.265. The molecule has 3 aliphatic rings. The van der Waals surface area contributed by atoms with Gasteiger partial charge < -0.3 is 29.7 Å². The second-order valence-electron chi connectivity index (χ2n) is 11.5. The molecule has 3 N–H and O–H groups in total. The summed E-state index contributed by atoms with van der Waals surface area (Å²) in [5, 5.41) is 32.1. The molecule has 3 heterocycles. The van der Waals surface area contributed by atoms with Gasteiger partial charge in [-0.15, -0.1) is 0 Å². The molecule has 1 aromatic carbocycles. The fourth-order valence-corrected chi connectivity index (χ4v) is 6.17. The Balaban J connectivity index is 1.43. The fourth-order valence-electron chi connectivity index (χ4n) is 6.17. The number of nitriles is 1. The highest BCUT2D eigenvalue weighted by Crippen LogP contribution is 2.47. The van der Waals surface area contributed by atoms with Crippen LogP contribution >= 0.6 is 0 Å². The van der Waals surface area contributed by atoms with Gasteiger partial charge in [0.15, 0.2) is 0 Å². The van der Waals surface area contributed by atoms with Crippen LogP contribution in [0.15, 0.2) is 42.0 Å². The minimum atomic E-state index is -1.77. The molecule has 2 atom stereocenters. The van der Waals surface area contributed by atoms with Crippen LogP contribution < -0.4 is 5.32 Å². The van der Waals surface area contributed by atoms with Crippen LogP contribution in [0, 0.1) is 11.3 Å². The zero-order chi connectivity index (χ0) is 28.2. The first-order chi connectivity index (χ1) is 18.5. The minimum absolute atomic E-state index is 0.00229. The van der Waals surface area contributed by atoms with Gasteiger partial charge in [-0.3, -0.25) is 9.69 Å². The molecule has 0 spiro atoms. The van der Waals surface area contributed by atoms with E-state index >= 15 is 0 Å². The van der Waals surface area contributed by atoms with Crippen molar-refractivity contribution in [3.05, 3.63) is 47.5 Å². The minimum Gasteiger partial charge on any atom is -0.447 e. The Hall–Kier alpha value is -2.91. The maximum absolute atomic E-state index is 13.8. The van der Waals surface area contributed by atoms with Crippen molar-refractivity contribution in [1.29, 1.82) is 5.26 Å². The van der Waals surface area contributed by atoms with Crippen LogP contribution in [0.25, 0.3) is 0 Å². The van der Waals surface area contributed by atoms with Gasteiger partial charge in [0.1, 0.15) is 18.2 Å². The van der Waals surface area contributed by atoms with E-state index in [-0.39, 0.29) is 36.7 Å². The molecule has 39 heavy (non-hydrogen) atoms. The molecule has 3 saturated heterocycles. The maximum Gasteiger partial charge on any atom is 0.475 e. The van der Waals surface area contributed by atoms with Gasteiger partial charge in [0.05, 0.1) is 24.2 Å². The molecule has 2 bridgehead atoms. The number of benzene rings is 1. The Kier molecular flexibility index (Phi) is 9.02. The highest BCUT2D eigenvalue weighted by molar-refractivity contribution is 6.43. The summed E-state index contributed by atoms with van der Waals surface area (Å²) in [6.45, 7) is 8.01. The standard InChI is InChI=1S/C28H39BN4O6/c1-20-18-32(13-14-38-20)27(2,3)16-22(17-30)25(34)33-23-9-11-28(33,12-10-23)19-39-26(35)31-24(29(36)37)15-21-7-5-4-6-8-21/h4-8,16,20,23-24,36-37H,9-15,18-19H2,1-3H3,(H,31,35)/t20-,23?,24?,28?/m1/s1. The SMILES string of the molecule is C[C@@H]1CN(C(C)(C)C=C(C#N)C(=O)N2C3CCC2(COC(=O)NC(Cc2ccccc2)B(O)O)CC3)CCO1. The largest absolute Gasteiger partial charge is 0.475 e. The van der Waals surface area contributed by atoms with Crippen molar-refractivity contribution < 1.29 is 29.1 Å². The number of hydrogen-bond donors (Lipinski definition) is 3. The average Bonchev–Trinajstić information content (AvgIpc) is 3.46. The number of nitrogens with one attached hydrogen (secondary N) is 1. The summed E-state index contributed by atoms with van der Waals surface area (Å²) >= 11 is 0. The van der Waals surface area contributed by atoms with Crippen molar-refractivity contribution >= 4 is 19.1 Å². The molecule has 10 nitrogen and oxygen atoms in total. The van der Waals surface area contributed by atoms with Crippen molar-refractivity contribution in [2.75, 3.05) is 26.3 Å². The van der Waals surface area contributed by atoms with E-state index in [2.05, 4.69) is 16.3 Å². The van der Waals surface area contributed by atoms with Crippen LogP contribution in [0.4, 0.5) is 4.79 Å². The van der Waals surface area contributed by atoms with Gasteiger partial charge in [-0.2, -0.15) is 5.26 Å². The number of amides is 2. The molecule has 0 aromatic heterocycles. The van der Waals surface area contributed by atoms with Gasteiger partial charge in [-0.05, 0) is 64.5 Å². The van der Waals surface area contributed by atoms with Gasteiger partial charge in [-0.1, -0.05) is 30.3 Å². The number of morpholine rings is 1. The molecule has 3 fully saturated rings. The zero-order valence-corrected chi connectivity index (χ0v) is 23.0. The number of carbonyl (C=O) groups is 2. The van der Waals surface area contributed by atoms with Crippen molar-refractivity contribution in [1.82, 2.24) is 15.1 Å². The van der Waals surface area contributed by atoms with Gasteiger partial charge in [-0.25, -0.2) is 4.79 Å². The number of alkyl carbamates (subject to hydrolysis) is 1. The summed E-state index contributed by atoms with van der Waals surface area (Å²) in [6.07, 6.45) is 4.19. The highest BCUT2D eigenvalue weighted by Gasteiger charge is 2.55. The lowest BCUT2D eigenvalue weighted by molar-refractivity contribution is -0.132. The summed E-state index contributed by atoms with van der Waals surface area (Å²) in [4.78, 5) is 30.4. The average molecular weight is 538 g/mol. The molecule has 0 radical (unpaired) electrons. The Morgan fingerprint density at radius 3 is 2.62 bits per heavy atom. The van der Waals surface area contributed by atoms with Crippen molar-refractivity contribution in [2.24, 2.45) is 0 Å². The lowest BCUT2D eigenvalue weighted by Crippen LogP contribution is -2.53. The van der Waals surface area contributed by atoms with Crippen LogP contribution in [0.1, 0.15) is 52.0 Å². The van der Waals surface area contributed by atoms with E-state index < -0.39 is 30.2 Å². The number of rotatable bonds is 9. The zero-order valence-electron chi connectivity index (χ0n) is 23.0.